The average molecular weight is 396 g/mol. The smallest absolute Gasteiger partial charge is 0.191 e. The highest BCUT2D eigenvalue weighted by Gasteiger charge is 2.15. The van der Waals surface area contributed by atoms with Crippen molar-refractivity contribution in [3.8, 4) is 0 Å². The molecule has 0 bridgehead atoms. The lowest BCUT2D eigenvalue weighted by Gasteiger charge is -2.14. The molecule has 1 saturated heterocycles. The van der Waals surface area contributed by atoms with Crippen LogP contribution in [0.25, 0.3) is 0 Å². The van der Waals surface area contributed by atoms with Gasteiger partial charge in [0.15, 0.2) is 11.8 Å². The van der Waals surface area contributed by atoms with E-state index in [1.165, 1.54) is 18.6 Å². The van der Waals surface area contributed by atoms with E-state index in [0.717, 1.165) is 23.6 Å². The van der Waals surface area contributed by atoms with Gasteiger partial charge in [0.2, 0.25) is 0 Å². The van der Waals surface area contributed by atoms with Crippen LogP contribution in [0.5, 0.6) is 0 Å². The number of hydrogen-bond donors (Lipinski definition) is 2. The summed E-state index contributed by atoms with van der Waals surface area (Å²) >= 11 is 2.04. The fourth-order valence-electron chi connectivity index (χ4n) is 1.87. The summed E-state index contributed by atoms with van der Waals surface area (Å²) in [5, 5.41) is 15.2. The molecule has 6 nitrogen and oxygen atoms in total. The number of guanidine groups is 1. The Balaban J connectivity index is 0.00000180. The molecule has 1 aromatic rings. The third-order valence-corrected chi connectivity index (χ3v) is 4.36. The Bertz CT molecular complexity index is 402. The SMILES string of the molecule is CN=C(NCc1nncn1C)NCC1CCCS1.I. The van der Waals surface area contributed by atoms with Gasteiger partial charge in [0, 0.05) is 25.9 Å². The summed E-state index contributed by atoms with van der Waals surface area (Å²) in [6, 6.07) is 0. The summed E-state index contributed by atoms with van der Waals surface area (Å²) in [5.41, 5.74) is 0. The van der Waals surface area contributed by atoms with E-state index in [9.17, 15) is 0 Å². The molecule has 0 radical (unpaired) electrons. The van der Waals surface area contributed by atoms with E-state index in [1.54, 1.807) is 13.4 Å². The van der Waals surface area contributed by atoms with Gasteiger partial charge < -0.3 is 15.2 Å². The minimum Gasteiger partial charge on any atom is -0.355 e. The second kappa shape index (κ2) is 8.62. The number of nitrogens with one attached hydrogen (secondary N) is 2. The van der Waals surface area contributed by atoms with Crippen LogP contribution >= 0.6 is 35.7 Å². The summed E-state index contributed by atoms with van der Waals surface area (Å²) in [5.74, 6) is 3.01. The van der Waals surface area contributed by atoms with Gasteiger partial charge in [-0.05, 0) is 18.6 Å². The maximum atomic E-state index is 4.21. The van der Waals surface area contributed by atoms with Crippen LogP contribution in [0.1, 0.15) is 18.7 Å². The number of thioether (sulfide) groups is 1. The van der Waals surface area contributed by atoms with Crippen molar-refractivity contribution < 1.29 is 0 Å². The molecule has 0 aliphatic carbocycles. The normalized spacial score (nSPS) is 19.1. The highest BCUT2D eigenvalue weighted by Crippen LogP contribution is 2.25. The summed E-state index contributed by atoms with van der Waals surface area (Å²) in [4.78, 5) is 4.21. The standard InChI is InChI=1S/C11H20N6S.HI/c1-12-11(13-6-9-4-3-5-18-9)14-7-10-16-15-8-17(10)2;/h8-9H,3-7H2,1-2H3,(H2,12,13,14);1H. The van der Waals surface area contributed by atoms with Crippen molar-refractivity contribution in [2.45, 2.75) is 24.6 Å². The van der Waals surface area contributed by atoms with Crippen molar-refractivity contribution in [1.29, 1.82) is 0 Å². The fourth-order valence-corrected chi connectivity index (χ4v) is 3.07. The van der Waals surface area contributed by atoms with E-state index in [0.29, 0.717) is 6.54 Å². The maximum absolute atomic E-state index is 4.21. The van der Waals surface area contributed by atoms with Gasteiger partial charge in [0.25, 0.3) is 0 Å². The summed E-state index contributed by atoms with van der Waals surface area (Å²) < 4.78 is 1.90. The topological polar surface area (TPSA) is 67.1 Å². The van der Waals surface area contributed by atoms with Crippen LogP contribution in [0.15, 0.2) is 11.3 Å². The average Bonchev–Trinajstić information content (AvgIpc) is 3.01. The Morgan fingerprint density at radius 3 is 3.00 bits per heavy atom. The van der Waals surface area contributed by atoms with Crippen molar-refractivity contribution in [3.63, 3.8) is 0 Å². The zero-order valence-corrected chi connectivity index (χ0v) is 14.4. The lowest BCUT2D eigenvalue weighted by Crippen LogP contribution is -2.40. The Hall–Kier alpha value is -0.510. The minimum absolute atomic E-state index is 0. The summed E-state index contributed by atoms with van der Waals surface area (Å²) in [6.45, 7) is 1.61. The van der Waals surface area contributed by atoms with Gasteiger partial charge in [0.1, 0.15) is 6.33 Å². The number of halogens is 1. The fraction of sp³-hybridized carbons (Fsp3) is 0.727. The first-order valence-electron chi connectivity index (χ1n) is 6.18. The molecule has 0 spiro atoms. The number of hydrogen-bond acceptors (Lipinski definition) is 4. The second-order valence-electron chi connectivity index (χ2n) is 4.30. The monoisotopic (exact) mass is 396 g/mol. The van der Waals surface area contributed by atoms with E-state index in [4.69, 9.17) is 0 Å². The van der Waals surface area contributed by atoms with Gasteiger partial charge in [-0.25, -0.2) is 0 Å². The van der Waals surface area contributed by atoms with Gasteiger partial charge in [-0.1, -0.05) is 0 Å². The summed E-state index contributed by atoms with van der Waals surface area (Å²) in [7, 11) is 3.72. The number of nitrogens with zero attached hydrogens (tertiary/aromatic N) is 4. The van der Waals surface area contributed by atoms with Crippen LogP contribution in [0, 0.1) is 0 Å². The molecule has 1 aliphatic rings. The quantitative estimate of drug-likeness (QED) is 0.452. The Morgan fingerprint density at radius 2 is 2.42 bits per heavy atom. The van der Waals surface area contributed by atoms with Crippen LogP contribution in [-0.2, 0) is 13.6 Å². The van der Waals surface area contributed by atoms with E-state index in [-0.39, 0.29) is 24.0 Å². The minimum atomic E-state index is 0. The molecule has 2 N–H and O–H groups in total. The molecule has 8 heteroatoms. The largest absolute Gasteiger partial charge is 0.355 e. The molecule has 1 atom stereocenters. The molecule has 19 heavy (non-hydrogen) atoms. The lowest BCUT2D eigenvalue weighted by atomic mass is 10.2. The van der Waals surface area contributed by atoms with Crippen LogP contribution < -0.4 is 10.6 Å². The van der Waals surface area contributed by atoms with Crippen LogP contribution in [0.3, 0.4) is 0 Å². The van der Waals surface area contributed by atoms with E-state index in [1.807, 2.05) is 23.4 Å². The van der Waals surface area contributed by atoms with E-state index < -0.39 is 0 Å². The molecular formula is C11H21IN6S. The molecule has 2 rings (SSSR count). The molecule has 1 aliphatic heterocycles. The Labute approximate surface area is 135 Å². The van der Waals surface area contributed by atoms with Crippen molar-refractivity contribution in [1.82, 2.24) is 25.4 Å². The third-order valence-electron chi connectivity index (χ3n) is 2.96. The van der Waals surface area contributed by atoms with Gasteiger partial charge in [-0.15, -0.1) is 34.2 Å². The molecule has 0 aromatic carbocycles. The van der Waals surface area contributed by atoms with Crippen LogP contribution in [-0.4, -0.2) is 45.3 Å². The first-order valence-corrected chi connectivity index (χ1v) is 7.23. The molecule has 1 fully saturated rings. The third kappa shape index (κ3) is 5.17. The first kappa shape index (κ1) is 16.5. The molecule has 1 aromatic heterocycles. The molecule has 2 heterocycles. The zero-order valence-electron chi connectivity index (χ0n) is 11.3. The van der Waals surface area contributed by atoms with Gasteiger partial charge in [-0.3, -0.25) is 4.99 Å². The molecule has 108 valence electrons. The van der Waals surface area contributed by atoms with Crippen molar-refractivity contribution in [2.75, 3.05) is 19.3 Å². The first-order chi connectivity index (χ1) is 8.79. The number of aliphatic imine (C=N–C) groups is 1. The highest BCUT2D eigenvalue weighted by atomic mass is 127. The predicted molar refractivity (Wildman–Crippen MR) is 90.1 cm³/mol. The number of aromatic nitrogens is 3. The van der Waals surface area contributed by atoms with Gasteiger partial charge in [-0.2, -0.15) is 11.8 Å². The van der Waals surface area contributed by atoms with Crippen molar-refractivity contribution in [2.24, 2.45) is 12.0 Å². The summed E-state index contributed by atoms with van der Waals surface area (Å²) in [6.07, 6.45) is 4.34. The zero-order chi connectivity index (χ0) is 12.8. The van der Waals surface area contributed by atoms with E-state index in [2.05, 4.69) is 25.8 Å². The van der Waals surface area contributed by atoms with Crippen molar-refractivity contribution >= 4 is 41.7 Å². The van der Waals surface area contributed by atoms with Crippen LogP contribution in [0.4, 0.5) is 0 Å². The maximum Gasteiger partial charge on any atom is 0.191 e. The number of aryl methyl sites for hydroxylation is 1. The Morgan fingerprint density at radius 1 is 1.58 bits per heavy atom. The number of rotatable bonds is 4. The van der Waals surface area contributed by atoms with Crippen LogP contribution in [0.2, 0.25) is 0 Å². The highest BCUT2D eigenvalue weighted by molar-refractivity contribution is 14.0. The lowest BCUT2D eigenvalue weighted by molar-refractivity contribution is 0.703. The van der Waals surface area contributed by atoms with Gasteiger partial charge >= 0.3 is 0 Å². The van der Waals surface area contributed by atoms with E-state index >= 15 is 0 Å². The van der Waals surface area contributed by atoms with Gasteiger partial charge in [0.05, 0.1) is 6.54 Å². The second-order valence-corrected chi connectivity index (χ2v) is 5.71. The molecule has 0 saturated carbocycles. The predicted octanol–water partition coefficient (Wildman–Crippen LogP) is 0.994. The Kier molecular flexibility index (Phi) is 7.51. The van der Waals surface area contributed by atoms with Crippen molar-refractivity contribution in [3.05, 3.63) is 12.2 Å². The molecular weight excluding hydrogens is 375 g/mol. The molecule has 0 amide bonds. The molecule has 1 unspecified atom stereocenters.